The van der Waals surface area contributed by atoms with E-state index in [9.17, 15) is 40.5 Å². The van der Waals surface area contributed by atoms with Crippen molar-refractivity contribution in [3.8, 4) is 0 Å². The molecular weight excluding hydrogens is 837 g/mol. The lowest BCUT2D eigenvalue weighted by atomic mass is 9.98. The van der Waals surface area contributed by atoms with Crippen molar-refractivity contribution in [1.29, 1.82) is 0 Å². The molecule has 0 aromatic heterocycles. The minimum absolute atomic E-state index is 0.0598. The molecule has 2 aliphatic heterocycles. The standard InChI is InChI=1S/C51H90O14/c1-3-5-7-9-11-13-14-15-16-17-18-19-20-21-22-23-24-25-26-27-28-30-32-34-43(53)63-40(37-60-35-33-31-29-12-10-8-6-4-2)38-61-50-49(59)47(57)45(55)42(65-50)39-62-51-48(58)46(56)44(54)41(36-52)64-51/h5,7,11,13,15-16,18-19,40-42,44-52,54-59H,3-4,6,8-10,12,14,17,20-39H2,1-2H3/b7-5-,13-11-,16-15-,19-18-. The highest BCUT2D eigenvalue weighted by molar-refractivity contribution is 5.69. The molecule has 14 nitrogen and oxygen atoms in total. The maximum absolute atomic E-state index is 13.0. The molecular formula is C51H90O14. The number of aliphatic hydroxyl groups excluding tert-OH is 7. The van der Waals surface area contributed by atoms with E-state index >= 15 is 0 Å². The van der Waals surface area contributed by atoms with Gasteiger partial charge in [0.2, 0.25) is 0 Å². The molecule has 0 aliphatic carbocycles. The third kappa shape index (κ3) is 26.9. The molecule has 2 fully saturated rings. The molecule has 11 unspecified atom stereocenters. The van der Waals surface area contributed by atoms with Crippen molar-refractivity contribution in [2.24, 2.45) is 0 Å². The second kappa shape index (κ2) is 38.9. The summed E-state index contributed by atoms with van der Waals surface area (Å²) in [7, 11) is 0. The highest BCUT2D eigenvalue weighted by atomic mass is 16.7. The molecule has 7 N–H and O–H groups in total. The number of esters is 1. The molecule has 0 amide bonds. The predicted octanol–water partition coefficient (Wildman–Crippen LogP) is 7.18. The highest BCUT2D eigenvalue weighted by Crippen LogP contribution is 2.26. The summed E-state index contributed by atoms with van der Waals surface area (Å²) in [4.78, 5) is 13.0. The van der Waals surface area contributed by atoms with Crippen molar-refractivity contribution in [2.45, 2.75) is 235 Å². The molecule has 378 valence electrons. The molecule has 2 aliphatic rings. The SMILES string of the molecule is CC/C=C\C/C=C\C/C=C\C/C=C\CCCCCCCCCCCCC(=O)OC(COCCCCCCCCCC)COC1OC(COC2OC(CO)C(O)C(O)C2O)C(O)C(O)C1O. The lowest BCUT2D eigenvalue weighted by Crippen LogP contribution is -2.61. The van der Waals surface area contributed by atoms with E-state index in [2.05, 4.69) is 62.5 Å². The Morgan fingerprint density at radius 3 is 1.57 bits per heavy atom. The van der Waals surface area contributed by atoms with Crippen LogP contribution in [-0.2, 0) is 33.2 Å². The Morgan fingerprint density at radius 1 is 0.523 bits per heavy atom. The van der Waals surface area contributed by atoms with E-state index in [0.717, 1.165) is 70.6 Å². The summed E-state index contributed by atoms with van der Waals surface area (Å²) in [6.45, 7) is 3.54. The number of allylic oxidation sites excluding steroid dienone is 8. The highest BCUT2D eigenvalue weighted by Gasteiger charge is 2.47. The van der Waals surface area contributed by atoms with Crippen LogP contribution in [0.4, 0.5) is 0 Å². The summed E-state index contributed by atoms with van der Waals surface area (Å²) in [6, 6.07) is 0. The zero-order valence-corrected chi connectivity index (χ0v) is 40.0. The monoisotopic (exact) mass is 927 g/mol. The maximum atomic E-state index is 13.0. The number of carbonyl (C=O) groups is 1. The van der Waals surface area contributed by atoms with Crippen molar-refractivity contribution < 1.29 is 69.0 Å². The molecule has 0 saturated carbocycles. The Kier molecular flexibility index (Phi) is 35.3. The van der Waals surface area contributed by atoms with Crippen LogP contribution in [0.1, 0.15) is 168 Å². The number of carbonyl (C=O) groups excluding carboxylic acids is 1. The Labute approximate surface area is 391 Å². The van der Waals surface area contributed by atoms with Crippen molar-refractivity contribution in [1.82, 2.24) is 0 Å². The van der Waals surface area contributed by atoms with Gasteiger partial charge < -0.3 is 64.2 Å². The normalized spacial score (nSPS) is 26.9. The Morgan fingerprint density at radius 2 is 1.00 bits per heavy atom. The van der Waals surface area contributed by atoms with Gasteiger partial charge in [0.1, 0.15) is 54.9 Å². The number of ether oxygens (including phenoxy) is 6. The smallest absolute Gasteiger partial charge is 0.306 e. The third-order valence-corrected chi connectivity index (χ3v) is 11.9. The Hall–Kier alpha value is -2.05. The molecule has 0 bridgehead atoms. The van der Waals surface area contributed by atoms with E-state index in [-0.39, 0.29) is 25.6 Å². The molecule has 14 heteroatoms. The number of unbranched alkanes of at least 4 members (excludes halogenated alkanes) is 17. The molecule has 65 heavy (non-hydrogen) atoms. The van der Waals surface area contributed by atoms with Crippen LogP contribution in [0.5, 0.6) is 0 Å². The van der Waals surface area contributed by atoms with Gasteiger partial charge in [-0.2, -0.15) is 0 Å². The molecule has 2 heterocycles. The van der Waals surface area contributed by atoms with Gasteiger partial charge >= 0.3 is 5.97 Å². The predicted molar refractivity (Wildman–Crippen MR) is 252 cm³/mol. The first kappa shape index (κ1) is 59.1. The number of aliphatic hydroxyl groups is 7. The molecule has 2 rings (SSSR count). The lowest BCUT2D eigenvalue weighted by molar-refractivity contribution is -0.332. The first-order valence-electron chi connectivity index (χ1n) is 25.2. The van der Waals surface area contributed by atoms with Crippen LogP contribution >= 0.6 is 0 Å². The minimum Gasteiger partial charge on any atom is -0.457 e. The summed E-state index contributed by atoms with van der Waals surface area (Å²) in [5.41, 5.74) is 0. The Bertz CT molecular complexity index is 1260. The van der Waals surface area contributed by atoms with Crippen LogP contribution in [0.3, 0.4) is 0 Å². The van der Waals surface area contributed by atoms with E-state index in [1.807, 2.05) is 0 Å². The number of rotatable bonds is 39. The van der Waals surface area contributed by atoms with E-state index in [0.29, 0.717) is 13.0 Å². The lowest BCUT2D eigenvalue weighted by Gasteiger charge is -2.42. The topological polar surface area (TPSA) is 214 Å². The summed E-state index contributed by atoms with van der Waals surface area (Å²) in [5.74, 6) is -0.383. The van der Waals surface area contributed by atoms with Gasteiger partial charge in [-0.1, -0.05) is 159 Å². The molecule has 2 saturated heterocycles. The van der Waals surface area contributed by atoms with Gasteiger partial charge in [0.15, 0.2) is 12.6 Å². The number of hydrogen-bond donors (Lipinski definition) is 7. The van der Waals surface area contributed by atoms with Crippen LogP contribution in [0.15, 0.2) is 48.6 Å². The van der Waals surface area contributed by atoms with Gasteiger partial charge in [0.05, 0.1) is 26.4 Å². The minimum atomic E-state index is -1.71. The molecule has 11 atom stereocenters. The van der Waals surface area contributed by atoms with Gasteiger partial charge in [-0.05, 0) is 51.4 Å². The first-order chi connectivity index (χ1) is 31.6. The second-order valence-electron chi connectivity index (χ2n) is 17.6. The van der Waals surface area contributed by atoms with Crippen LogP contribution in [-0.4, -0.2) is 142 Å². The summed E-state index contributed by atoms with van der Waals surface area (Å²) in [6.07, 6.45) is 27.6. The van der Waals surface area contributed by atoms with Crippen LogP contribution in [0.2, 0.25) is 0 Å². The quantitative estimate of drug-likeness (QED) is 0.0185. The summed E-state index contributed by atoms with van der Waals surface area (Å²) >= 11 is 0. The number of hydrogen-bond acceptors (Lipinski definition) is 14. The fourth-order valence-electron chi connectivity index (χ4n) is 7.75. The summed E-state index contributed by atoms with van der Waals surface area (Å²) in [5, 5.41) is 71.9. The van der Waals surface area contributed by atoms with Crippen molar-refractivity contribution in [3.63, 3.8) is 0 Å². The Balaban J connectivity index is 1.70. The average molecular weight is 927 g/mol. The largest absolute Gasteiger partial charge is 0.457 e. The third-order valence-electron chi connectivity index (χ3n) is 11.9. The van der Waals surface area contributed by atoms with Crippen LogP contribution in [0, 0.1) is 0 Å². The zero-order valence-electron chi connectivity index (χ0n) is 40.0. The fraction of sp³-hybridized carbons (Fsp3) is 0.824. The maximum Gasteiger partial charge on any atom is 0.306 e. The zero-order chi connectivity index (χ0) is 47.3. The van der Waals surface area contributed by atoms with Crippen LogP contribution in [0.25, 0.3) is 0 Å². The van der Waals surface area contributed by atoms with Gasteiger partial charge in [-0.3, -0.25) is 4.79 Å². The molecule has 0 aromatic rings. The van der Waals surface area contributed by atoms with Crippen molar-refractivity contribution >= 4 is 5.97 Å². The van der Waals surface area contributed by atoms with E-state index in [1.54, 1.807) is 0 Å². The van der Waals surface area contributed by atoms with Gasteiger partial charge in [0.25, 0.3) is 0 Å². The molecule has 0 aromatic carbocycles. The van der Waals surface area contributed by atoms with Gasteiger partial charge in [-0.15, -0.1) is 0 Å². The van der Waals surface area contributed by atoms with Crippen molar-refractivity contribution in [2.75, 3.05) is 33.0 Å². The van der Waals surface area contributed by atoms with E-state index < -0.39 is 80.7 Å². The molecule has 0 radical (unpaired) electrons. The second-order valence-corrected chi connectivity index (χ2v) is 17.6. The first-order valence-corrected chi connectivity index (χ1v) is 25.2. The van der Waals surface area contributed by atoms with E-state index in [1.165, 1.54) is 70.6 Å². The summed E-state index contributed by atoms with van der Waals surface area (Å²) < 4.78 is 34.1. The average Bonchev–Trinajstić information content (AvgIpc) is 3.30. The van der Waals surface area contributed by atoms with Gasteiger partial charge in [-0.25, -0.2) is 0 Å². The van der Waals surface area contributed by atoms with Crippen LogP contribution < -0.4 is 0 Å². The van der Waals surface area contributed by atoms with E-state index in [4.69, 9.17) is 28.4 Å². The van der Waals surface area contributed by atoms with Gasteiger partial charge in [0, 0.05) is 13.0 Å². The molecule has 0 spiro atoms. The fourth-order valence-corrected chi connectivity index (χ4v) is 7.75. The van der Waals surface area contributed by atoms with Crippen molar-refractivity contribution in [3.05, 3.63) is 48.6 Å².